The number of nitrogens with two attached hydrogens (primary N) is 1. The summed E-state index contributed by atoms with van der Waals surface area (Å²) < 4.78 is 4.83. The highest BCUT2D eigenvalue weighted by atomic mass is 16.5. The average molecular weight is 183 g/mol. The van der Waals surface area contributed by atoms with Gasteiger partial charge in [-0.15, -0.1) is 0 Å². The maximum absolute atomic E-state index is 5.42. The molecule has 1 heterocycles. The van der Waals surface area contributed by atoms with Crippen molar-refractivity contribution in [2.24, 2.45) is 0 Å². The van der Waals surface area contributed by atoms with Crippen molar-refractivity contribution in [3.63, 3.8) is 0 Å². The van der Waals surface area contributed by atoms with Crippen molar-refractivity contribution in [3.05, 3.63) is 0 Å². The number of nitrogens with zero attached hydrogens (tertiary/aromatic N) is 3. The van der Waals surface area contributed by atoms with Gasteiger partial charge in [-0.3, -0.25) is 0 Å². The number of hydrogen-bond acceptors (Lipinski definition) is 6. The normalized spacial score (nSPS) is 9.69. The van der Waals surface area contributed by atoms with E-state index < -0.39 is 0 Å². The van der Waals surface area contributed by atoms with E-state index >= 15 is 0 Å². The highest BCUT2D eigenvalue weighted by Crippen LogP contribution is 2.07. The number of nitrogens with one attached hydrogen (secondary N) is 1. The maximum atomic E-state index is 5.42. The quantitative estimate of drug-likeness (QED) is 0.697. The Morgan fingerprint density at radius 3 is 2.77 bits per heavy atom. The van der Waals surface area contributed by atoms with Crippen LogP contribution in [0.25, 0.3) is 0 Å². The third-order valence-corrected chi connectivity index (χ3v) is 1.35. The van der Waals surface area contributed by atoms with Crippen molar-refractivity contribution in [2.45, 2.75) is 13.3 Å². The van der Waals surface area contributed by atoms with E-state index in [4.69, 9.17) is 10.5 Å². The largest absolute Gasteiger partial charge is 0.467 e. The van der Waals surface area contributed by atoms with Crippen molar-refractivity contribution in [1.29, 1.82) is 0 Å². The first-order valence-corrected chi connectivity index (χ1v) is 4.05. The van der Waals surface area contributed by atoms with Gasteiger partial charge in [-0.2, -0.15) is 15.0 Å². The Morgan fingerprint density at radius 2 is 2.15 bits per heavy atom. The van der Waals surface area contributed by atoms with Crippen molar-refractivity contribution < 1.29 is 4.74 Å². The van der Waals surface area contributed by atoms with Crippen LogP contribution in [0.3, 0.4) is 0 Å². The SMILES string of the molecule is CCCNc1nc(N)nc(OC)n1. The predicted molar refractivity (Wildman–Crippen MR) is 49.6 cm³/mol. The van der Waals surface area contributed by atoms with Crippen LogP contribution in [0.2, 0.25) is 0 Å². The molecule has 6 nitrogen and oxygen atoms in total. The van der Waals surface area contributed by atoms with E-state index in [0.29, 0.717) is 5.95 Å². The Bertz CT molecular complexity index is 278. The van der Waals surface area contributed by atoms with Crippen LogP contribution < -0.4 is 15.8 Å². The molecule has 13 heavy (non-hydrogen) atoms. The molecule has 0 amide bonds. The molecule has 0 unspecified atom stereocenters. The Balaban J connectivity index is 2.76. The monoisotopic (exact) mass is 183 g/mol. The molecule has 1 aromatic rings. The van der Waals surface area contributed by atoms with Gasteiger partial charge >= 0.3 is 6.01 Å². The fraction of sp³-hybridized carbons (Fsp3) is 0.571. The van der Waals surface area contributed by atoms with Crippen LogP contribution in [-0.2, 0) is 0 Å². The zero-order chi connectivity index (χ0) is 9.68. The zero-order valence-corrected chi connectivity index (χ0v) is 7.74. The Morgan fingerprint density at radius 1 is 1.38 bits per heavy atom. The van der Waals surface area contributed by atoms with E-state index in [9.17, 15) is 0 Å². The number of anilines is 2. The molecule has 0 aliphatic rings. The minimum absolute atomic E-state index is 0.158. The lowest BCUT2D eigenvalue weighted by Crippen LogP contribution is -2.08. The maximum Gasteiger partial charge on any atom is 0.322 e. The molecule has 0 saturated carbocycles. The van der Waals surface area contributed by atoms with Gasteiger partial charge in [0.15, 0.2) is 0 Å². The molecule has 0 aliphatic heterocycles. The molecule has 0 bridgehead atoms. The molecule has 1 aromatic heterocycles. The minimum atomic E-state index is 0.158. The molecule has 0 radical (unpaired) electrons. The van der Waals surface area contributed by atoms with E-state index in [1.165, 1.54) is 7.11 Å². The van der Waals surface area contributed by atoms with Gasteiger partial charge in [-0.25, -0.2) is 0 Å². The Hall–Kier alpha value is -1.59. The number of methoxy groups -OCH3 is 1. The molecule has 0 atom stereocenters. The first kappa shape index (κ1) is 9.50. The van der Waals surface area contributed by atoms with E-state index in [1.807, 2.05) is 0 Å². The molecule has 0 saturated heterocycles. The summed E-state index contributed by atoms with van der Waals surface area (Å²) in [6, 6.07) is 0.228. The molecular weight excluding hydrogens is 170 g/mol. The summed E-state index contributed by atoms with van der Waals surface area (Å²) >= 11 is 0. The predicted octanol–water partition coefficient (Wildman–Crippen LogP) is 0.284. The third-order valence-electron chi connectivity index (χ3n) is 1.35. The Kier molecular flexibility index (Phi) is 3.24. The van der Waals surface area contributed by atoms with Crippen molar-refractivity contribution in [1.82, 2.24) is 15.0 Å². The Labute approximate surface area is 76.6 Å². The number of nitrogen functional groups attached to an aromatic ring is 1. The van der Waals surface area contributed by atoms with Crippen LogP contribution >= 0.6 is 0 Å². The fourth-order valence-corrected chi connectivity index (χ4v) is 0.779. The van der Waals surface area contributed by atoms with Crippen molar-refractivity contribution in [2.75, 3.05) is 24.7 Å². The second-order valence-electron chi connectivity index (χ2n) is 2.43. The van der Waals surface area contributed by atoms with Gasteiger partial charge in [0, 0.05) is 6.54 Å². The summed E-state index contributed by atoms with van der Waals surface area (Å²) in [5.74, 6) is 0.608. The van der Waals surface area contributed by atoms with E-state index in [1.54, 1.807) is 0 Å². The first-order chi connectivity index (χ1) is 6.26. The topological polar surface area (TPSA) is 86.0 Å². The third kappa shape index (κ3) is 2.73. The standard InChI is InChI=1S/C7H13N5O/c1-3-4-9-6-10-5(8)11-7(12-6)13-2/h3-4H2,1-2H3,(H3,8,9,10,11,12). The van der Waals surface area contributed by atoms with Crippen molar-refractivity contribution in [3.8, 4) is 6.01 Å². The highest BCUT2D eigenvalue weighted by molar-refractivity contribution is 5.32. The van der Waals surface area contributed by atoms with Gasteiger partial charge in [-0.05, 0) is 6.42 Å². The van der Waals surface area contributed by atoms with Crippen LogP contribution in [0.4, 0.5) is 11.9 Å². The summed E-state index contributed by atoms with van der Waals surface area (Å²) in [5, 5.41) is 2.99. The van der Waals surface area contributed by atoms with Gasteiger partial charge in [0.05, 0.1) is 7.11 Å². The summed E-state index contributed by atoms with van der Waals surface area (Å²) in [5.41, 5.74) is 5.42. The molecule has 3 N–H and O–H groups in total. The van der Waals surface area contributed by atoms with E-state index in [2.05, 4.69) is 27.2 Å². The van der Waals surface area contributed by atoms with Gasteiger partial charge in [-0.1, -0.05) is 6.92 Å². The summed E-state index contributed by atoms with van der Waals surface area (Å²) in [4.78, 5) is 11.6. The molecule has 0 aromatic carbocycles. The molecule has 0 fully saturated rings. The number of ether oxygens (including phenoxy) is 1. The van der Waals surface area contributed by atoms with Crippen LogP contribution in [0.5, 0.6) is 6.01 Å². The van der Waals surface area contributed by atoms with Crippen LogP contribution in [0.15, 0.2) is 0 Å². The minimum Gasteiger partial charge on any atom is -0.467 e. The molecule has 0 spiro atoms. The lowest BCUT2D eigenvalue weighted by Gasteiger charge is -2.04. The second-order valence-corrected chi connectivity index (χ2v) is 2.43. The fourth-order valence-electron chi connectivity index (χ4n) is 0.779. The van der Waals surface area contributed by atoms with Gasteiger partial charge in [0.1, 0.15) is 0 Å². The number of aromatic nitrogens is 3. The number of hydrogen-bond donors (Lipinski definition) is 2. The van der Waals surface area contributed by atoms with Crippen LogP contribution in [0.1, 0.15) is 13.3 Å². The van der Waals surface area contributed by atoms with E-state index in [-0.39, 0.29) is 12.0 Å². The molecule has 6 heteroatoms. The van der Waals surface area contributed by atoms with Crippen molar-refractivity contribution >= 4 is 11.9 Å². The second kappa shape index (κ2) is 4.44. The lowest BCUT2D eigenvalue weighted by atomic mass is 10.5. The lowest BCUT2D eigenvalue weighted by molar-refractivity contribution is 0.379. The highest BCUT2D eigenvalue weighted by Gasteiger charge is 2.02. The summed E-state index contributed by atoms with van der Waals surface area (Å²) in [7, 11) is 1.48. The smallest absolute Gasteiger partial charge is 0.322 e. The van der Waals surface area contributed by atoms with Gasteiger partial charge in [0.2, 0.25) is 11.9 Å². The molecule has 72 valence electrons. The first-order valence-electron chi connectivity index (χ1n) is 4.05. The van der Waals surface area contributed by atoms with E-state index in [0.717, 1.165) is 13.0 Å². The molecule has 0 aliphatic carbocycles. The molecular formula is C7H13N5O. The number of rotatable bonds is 4. The summed E-state index contributed by atoms with van der Waals surface area (Å²) in [6.45, 7) is 2.85. The zero-order valence-electron chi connectivity index (χ0n) is 7.74. The summed E-state index contributed by atoms with van der Waals surface area (Å²) in [6.07, 6.45) is 0.994. The average Bonchev–Trinajstić information content (AvgIpc) is 2.14. The van der Waals surface area contributed by atoms with Gasteiger partial charge < -0.3 is 15.8 Å². The molecule has 1 rings (SSSR count). The van der Waals surface area contributed by atoms with Gasteiger partial charge in [0.25, 0.3) is 0 Å². The van der Waals surface area contributed by atoms with Crippen LogP contribution in [0, 0.1) is 0 Å². The van der Waals surface area contributed by atoms with Crippen LogP contribution in [-0.4, -0.2) is 28.6 Å².